The van der Waals surface area contributed by atoms with Crippen LogP contribution >= 0.6 is 0 Å². The van der Waals surface area contributed by atoms with Crippen LogP contribution < -0.4 is 10.6 Å². The Morgan fingerprint density at radius 2 is 1.93 bits per heavy atom. The van der Waals surface area contributed by atoms with Crippen molar-refractivity contribution in [2.45, 2.75) is 31.6 Å². The van der Waals surface area contributed by atoms with Crippen molar-refractivity contribution in [1.29, 1.82) is 0 Å². The fourth-order valence-electron chi connectivity index (χ4n) is 3.53. The quantitative estimate of drug-likeness (QED) is 0.614. The molecule has 29 heavy (non-hydrogen) atoms. The van der Waals surface area contributed by atoms with Crippen LogP contribution in [0, 0.1) is 5.92 Å². The van der Waals surface area contributed by atoms with Crippen LogP contribution in [0.3, 0.4) is 0 Å². The van der Waals surface area contributed by atoms with Crippen LogP contribution in [0.2, 0.25) is 0 Å². The minimum Gasteiger partial charge on any atom is -0.354 e. The van der Waals surface area contributed by atoms with E-state index >= 15 is 0 Å². The van der Waals surface area contributed by atoms with E-state index in [1.807, 2.05) is 0 Å². The van der Waals surface area contributed by atoms with Gasteiger partial charge in [0, 0.05) is 31.7 Å². The van der Waals surface area contributed by atoms with Crippen LogP contribution in [0.5, 0.6) is 0 Å². The summed E-state index contributed by atoms with van der Waals surface area (Å²) in [5.74, 6) is -0.303. The summed E-state index contributed by atoms with van der Waals surface area (Å²) in [5, 5.41) is 5.42. The number of piperidine rings is 1. The summed E-state index contributed by atoms with van der Waals surface area (Å²) in [6.07, 6.45) is 2.21. The lowest BCUT2D eigenvalue weighted by atomic mass is 9.98. The highest BCUT2D eigenvalue weighted by molar-refractivity contribution is 7.89. The molecule has 1 fully saturated rings. The molecule has 2 N–H and O–H groups in total. The van der Waals surface area contributed by atoms with Gasteiger partial charge in [0.1, 0.15) is 0 Å². The lowest BCUT2D eigenvalue weighted by Gasteiger charge is -2.29. The average molecular weight is 425 g/mol. The van der Waals surface area contributed by atoms with Crippen molar-refractivity contribution >= 4 is 21.8 Å². The molecular formula is C20H32N4O4S. The third kappa shape index (κ3) is 6.52. The molecule has 9 heteroatoms. The van der Waals surface area contributed by atoms with Gasteiger partial charge >= 0.3 is 0 Å². The molecule has 162 valence electrons. The van der Waals surface area contributed by atoms with Crippen molar-refractivity contribution in [3.8, 4) is 0 Å². The normalized spacial score (nSPS) is 17.9. The summed E-state index contributed by atoms with van der Waals surface area (Å²) in [7, 11) is -1.57. The Kier molecular flexibility index (Phi) is 8.60. The van der Waals surface area contributed by atoms with E-state index in [4.69, 9.17) is 0 Å². The Balaban J connectivity index is 1.90. The van der Waals surface area contributed by atoms with Gasteiger partial charge in [-0.3, -0.25) is 9.59 Å². The molecular weight excluding hydrogens is 392 g/mol. The van der Waals surface area contributed by atoms with Gasteiger partial charge in [0.25, 0.3) is 5.91 Å². The van der Waals surface area contributed by atoms with Crippen molar-refractivity contribution in [3.63, 3.8) is 0 Å². The molecule has 0 unspecified atom stereocenters. The summed E-state index contributed by atoms with van der Waals surface area (Å²) >= 11 is 0. The second kappa shape index (κ2) is 10.7. The smallest absolute Gasteiger partial charge is 0.251 e. The molecule has 1 saturated heterocycles. The summed E-state index contributed by atoms with van der Waals surface area (Å²) in [6.45, 7) is 6.73. The van der Waals surface area contributed by atoms with E-state index in [2.05, 4.69) is 22.6 Å². The van der Waals surface area contributed by atoms with E-state index in [-0.39, 0.29) is 22.9 Å². The minimum absolute atomic E-state index is 0.0692. The van der Waals surface area contributed by atoms with E-state index < -0.39 is 15.9 Å². The van der Waals surface area contributed by atoms with Crippen molar-refractivity contribution < 1.29 is 18.0 Å². The molecule has 0 aliphatic carbocycles. The van der Waals surface area contributed by atoms with Gasteiger partial charge in [-0.25, -0.2) is 8.42 Å². The number of benzene rings is 1. The van der Waals surface area contributed by atoms with Crippen molar-refractivity contribution in [3.05, 3.63) is 29.8 Å². The first-order valence-electron chi connectivity index (χ1n) is 10.1. The molecule has 0 saturated carbocycles. The number of rotatable bonds is 9. The summed E-state index contributed by atoms with van der Waals surface area (Å²) in [5.41, 5.74) is 0.208. The van der Waals surface area contributed by atoms with Gasteiger partial charge in [-0.15, -0.1) is 0 Å². The Morgan fingerprint density at radius 1 is 1.21 bits per heavy atom. The van der Waals surface area contributed by atoms with E-state index in [1.165, 1.54) is 28.6 Å². The number of amides is 2. The molecule has 1 aromatic rings. The minimum atomic E-state index is -3.64. The van der Waals surface area contributed by atoms with Crippen molar-refractivity contribution in [1.82, 2.24) is 19.8 Å². The Bertz CT molecular complexity index is 808. The van der Waals surface area contributed by atoms with Crippen LogP contribution in [0.25, 0.3) is 0 Å². The summed E-state index contributed by atoms with van der Waals surface area (Å²) < 4.78 is 26.6. The molecule has 0 spiro atoms. The Morgan fingerprint density at radius 3 is 2.59 bits per heavy atom. The number of likely N-dealkylation sites (tertiary alicyclic amines) is 1. The Labute approximate surface area is 173 Å². The zero-order valence-electron chi connectivity index (χ0n) is 17.5. The highest BCUT2D eigenvalue weighted by Crippen LogP contribution is 2.17. The maximum Gasteiger partial charge on any atom is 0.251 e. The number of carbonyl (C=O) groups is 2. The monoisotopic (exact) mass is 424 g/mol. The molecule has 8 nitrogen and oxygen atoms in total. The number of sulfonamides is 1. The maximum absolute atomic E-state index is 12.6. The first-order chi connectivity index (χ1) is 13.8. The lowest BCUT2D eigenvalue weighted by Crippen LogP contribution is -2.42. The number of nitrogens with one attached hydrogen (secondary N) is 2. The van der Waals surface area contributed by atoms with E-state index in [1.54, 1.807) is 13.8 Å². The van der Waals surface area contributed by atoms with Crippen LogP contribution in [0.4, 0.5) is 0 Å². The van der Waals surface area contributed by atoms with Crippen LogP contribution in [0.15, 0.2) is 29.2 Å². The van der Waals surface area contributed by atoms with Gasteiger partial charge in [-0.1, -0.05) is 19.9 Å². The number of nitrogens with zero attached hydrogens (tertiary/aromatic N) is 2. The molecule has 1 aliphatic rings. The largest absolute Gasteiger partial charge is 0.354 e. The van der Waals surface area contributed by atoms with Crippen molar-refractivity contribution in [2.75, 3.05) is 46.3 Å². The fourth-order valence-corrected chi connectivity index (χ4v) is 5.04. The van der Waals surface area contributed by atoms with E-state index in [9.17, 15) is 18.0 Å². The molecule has 0 bridgehead atoms. The van der Waals surface area contributed by atoms with E-state index in [0.717, 1.165) is 25.9 Å². The average Bonchev–Trinajstić information content (AvgIpc) is 2.71. The molecule has 1 aliphatic heterocycles. The Hall–Kier alpha value is -1.97. The van der Waals surface area contributed by atoms with Gasteiger partial charge in [0.2, 0.25) is 15.9 Å². The zero-order valence-corrected chi connectivity index (χ0v) is 18.3. The third-order valence-electron chi connectivity index (χ3n) is 5.16. The standard InChI is InChI=1S/C20H32N4O4S/c1-4-24(5-2)29(27,28)18-10-6-9-17(12-18)20(26)22-14-19(25)21-13-16-8-7-11-23(3)15-16/h6,9-10,12,16H,4-5,7-8,11,13-15H2,1-3H3,(H,21,25)(H,22,26)/t16-/m1/s1. The fraction of sp³-hybridized carbons (Fsp3) is 0.600. The van der Waals surface area contributed by atoms with Gasteiger partial charge < -0.3 is 15.5 Å². The third-order valence-corrected chi connectivity index (χ3v) is 7.20. The predicted octanol–water partition coefficient (Wildman–Crippen LogP) is 0.905. The molecule has 0 aromatic heterocycles. The number of carbonyl (C=O) groups excluding carboxylic acids is 2. The molecule has 2 amide bonds. The molecule has 2 rings (SSSR count). The first kappa shape index (κ1) is 23.3. The van der Waals surface area contributed by atoms with Gasteiger partial charge in [-0.2, -0.15) is 4.31 Å². The van der Waals surface area contributed by atoms with Crippen LogP contribution in [-0.4, -0.2) is 75.8 Å². The zero-order chi connectivity index (χ0) is 21.4. The highest BCUT2D eigenvalue weighted by Gasteiger charge is 2.23. The van der Waals surface area contributed by atoms with Crippen LogP contribution in [-0.2, 0) is 14.8 Å². The first-order valence-corrected chi connectivity index (χ1v) is 11.6. The van der Waals surface area contributed by atoms with Gasteiger partial charge in [0.15, 0.2) is 0 Å². The highest BCUT2D eigenvalue weighted by atomic mass is 32.2. The summed E-state index contributed by atoms with van der Waals surface area (Å²) in [6, 6.07) is 5.88. The van der Waals surface area contributed by atoms with Gasteiger partial charge in [0.05, 0.1) is 11.4 Å². The number of hydrogen-bond donors (Lipinski definition) is 2. The second-order valence-corrected chi connectivity index (χ2v) is 9.31. The van der Waals surface area contributed by atoms with Gasteiger partial charge in [-0.05, 0) is 50.6 Å². The lowest BCUT2D eigenvalue weighted by molar-refractivity contribution is -0.120. The van der Waals surface area contributed by atoms with Crippen LogP contribution in [0.1, 0.15) is 37.0 Å². The molecule has 1 atom stereocenters. The second-order valence-electron chi connectivity index (χ2n) is 7.37. The molecule has 1 aromatic carbocycles. The SMILES string of the molecule is CCN(CC)S(=O)(=O)c1cccc(C(=O)NCC(=O)NC[C@H]2CCCN(C)C2)c1. The molecule has 0 radical (unpaired) electrons. The predicted molar refractivity (Wildman–Crippen MR) is 112 cm³/mol. The van der Waals surface area contributed by atoms with Crippen molar-refractivity contribution in [2.24, 2.45) is 5.92 Å². The summed E-state index contributed by atoms with van der Waals surface area (Å²) in [4.78, 5) is 26.8. The van der Waals surface area contributed by atoms with E-state index in [0.29, 0.717) is 25.6 Å². The maximum atomic E-state index is 12.6. The molecule has 1 heterocycles. The number of hydrogen-bond acceptors (Lipinski definition) is 5. The topological polar surface area (TPSA) is 98.8 Å².